The highest BCUT2D eigenvalue weighted by atomic mass is 79.9. The van der Waals surface area contributed by atoms with E-state index in [2.05, 4.69) is 58.2 Å². The number of alkyl halides is 1. The van der Waals surface area contributed by atoms with Crippen LogP contribution in [0.1, 0.15) is 50.5 Å². The van der Waals surface area contributed by atoms with E-state index in [-0.39, 0.29) is 0 Å². The van der Waals surface area contributed by atoms with Crippen molar-refractivity contribution in [1.29, 1.82) is 0 Å². The summed E-state index contributed by atoms with van der Waals surface area (Å²) in [4.78, 5) is 2.43. The van der Waals surface area contributed by atoms with Crippen molar-refractivity contribution < 1.29 is 0 Å². The van der Waals surface area contributed by atoms with Gasteiger partial charge in [0.15, 0.2) is 0 Å². The standard InChI is InChI=1S/C17H28BrN/c1-19(16-17-12-8-7-9-13-17)15-11-6-4-2-3-5-10-14-18/h7-9,12-13H,2-6,10-11,14-16H2,1H3. The van der Waals surface area contributed by atoms with E-state index in [4.69, 9.17) is 0 Å². The Morgan fingerprint density at radius 3 is 2.05 bits per heavy atom. The normalized spacial score (nSPS) is 11.1. The summed E-state index contributed by atoms with van der Waals surface area (Å²) < 4.78 is 0. The second-order valence-electron chi connectivity index (χ2n) is 5.39. The molecule has 1 nitrogen and oxygen atoms in total. The van der Waals surface area contributed by atoms with Gasteiger partial charge < -0.3 is 4.90 Å². The van der Waals surface area contributed by atoms with Crippen LogP contribution in [0.5, 0.6) is 0 Å². The third kappa shape index (κ3) is 9.23. The Kier molecular flexibility index (Phi) is 10.1. The zero-order valence-corrected chi connectivity index (χ0v) is 13.9. The SMILES string of the molecule is CN(CCCCCCCCCBr)Cc1ccccc1. The number of hydrogen-bond donors (Lipinski definition) is 0. The molecule has 1 rings (SSSR count). The first-order chi connectivity index (χ1) is 9.33. The lowest BCUT2D eigenvalue weighted by atomic mass is 10.1. The van der Waals surface area contributed by atoms with Gasteiger partial charge in [-0.3, -0.25) is 0 Å². The molecule has 0 N–H and O–H groups in total. The van der Waals surface area contributed by atoms with Crippen LogP contribution >= 0.6 is 15.9 Å². The molecule has 0 fully saturated rings. The van der Waals surface area contributed by atoms with Crippen LogP contribution in [-0.4, -0.2) is 23.8 Å². The van der Waals surface area contributed by atoms with Crippen LogP contribution in [-0.2, 0) is 6.54 Å². The van der Waals surface area contributed by atoms with E-state index in [0.717, 1.165) is 11.9 Å². The average Bonchev–Trinajstić information content (AvgIpc) is 2.43. The predicted molar refractivity (Wildman–Crippen MR) is 88.9 cm³/mol. The fourth-order valence-electron chi connectivity index (χ4n) is 2.33. The van der Waals surface area contributed by atoms with E-state index >= 15 is 0 Å². The molecule has 0 saturated carbocycles. The molecule has 1 aromatic carbocycles. The van der Waals surface area contributed by atoms with E-state index in [0.29, 0.717) is 0 Å². The molecular weight excluding hydrogens is 298 g/mol. The van der Waals surface area contributed by atoms with Crippen LogP contribution in [0, 0.1) is 0 Å². The highest BCUT2D eigenvalue weighted by molar-refractivity contribution is 9.09. The fraction of sp³-hybridized carbons (Fsp3) is 0.647. The Bertz CT molecular complexity index is 299. The van der Waals surface area contributed by atoms with Crippen molar-refractivity contribution in [2.45, 2.75) is 51.5 Å². The molecule has 0 amide bonds. The van der Waals surface area contributed by atoms with Gasteiger partial charge in [-0.05, 0) is 32.0 Å². The predicted octanol–water partition coefficient (Wildman–Crippen LogP) is 5.24. The summed E-state index contributed by atoms with van der Waals surface area (Å²) in [7, 11) is 2.23. The molecule has 0 radical (unpaired) electrons. The van der Waals surface area contributed by atoms with E-state index in [1.807, 2.05) is 0 Å². The lowest BCUT2D eigenvalue weighted by Gasteiger charge is -2.16. The molecule has 19 heavy (non-hydrogen) atoms. The maximum atomic E-state index is 3.48. The molecule has 2 heteroatoms. The largest absolute Gasteiger partial charge is 0.302 e. The number of halogens is 1. The minimum Gasteiger partial charge on any atom is -0.302 e. The van der Waals surface area contributed by atoms with Crippen LogP contribution in [0.3, 0.4) is 0 Å². The summed E-state index contributed by atoms with van der Waals surface area (Å²) in [5, 5.41) is 1.16. The highest BCUT2D eigenvalue weighted by Crippen LogP contribution is 2.09. The van der Waals surface area contributed by atoms with Crippen LogP contribution in [0.25, 0.3) is 0 Å². The average molecular weight is 326 g/mol. The van der Waals surface area contributed by atoms with Crippen LogP contribution in [0.4, 0.5) is 0 Å². The first-order valence-corrected chi connectivity index (χ1v) is 8.73. The smallest absolute Gasteiger partial charge is 0.0230 e. The van der Waals surface area contributed by atoms with Crippen molar-refractivity contribution in [2.75, 3.05) is 18.9 Å². The Morgan fingerprint density at radius 2 is 1.42 bits per heavy atom. The van der Waals surface area contributed by atoms with Crippen molar-refractivity contribution in [3.8, 4) is 0 Å². The number of benzene rings is 1. The molecule has 0 atom stereocenters. The quantitative estimate of drug-likeness (QED) is 0.397. The van der Waals surface area contributed by atoms with Crippen LogP contribution < -0.4 is 0 Å². The minimum atomic E-state index is 1.08. The summed E-state index contributed by atoms with van der Waals surface area (Å²) in [6.07, 6.45) is 9.66. The maximum Gasteiger partial charge on any atom is 0.0230 e. The molecule has 1 aromatic rings. The molecule has 0 heterocycles. The van der Waals surface area contributed by atoms with Crippen molar-refractivity contribution in [3.63, 3.8) is 0 Å². The Labute approximate surface area is 127 Å². The monoisotopic (exact) mass is 325 g/mol. The lowest BCUT2D eigenvalue weighted by Crippen LogP contribution is -2.18. The maximum absolute atomic E-state index is 3.48. The summed E-state index contributed by atoms with van der Waals surface area (Å²) in [5.74, 6) is 0. The lowest BCUT2D eigenvalue weighted by molar-refractivity contribution is 0.316. The molecule has 0 bridgehead atoms. The van der Waals surface area contributed by atoms with Crippen molar-refractivity contribution in [2.24, 2.45) is 0 Å². The first kappa shape index (κ1) is 16.7. The van der Waals surface area contributed by atoms with Crippen LogP contribution in [0.15, 0.2) is 30.3 Å². The summed E-state index contributed by atoms with van der Waals surface area (Å²) in [6.45, 7) is 2.29. The fourth-order valence-corrected chi connectivity index (χ4v) is 2.73. The van der Waals surface area contributed by atoms with Gasteiger partial charge in [-0.15, -0.1) is 0 Å². The number of nitrogens with zero attached hydrogens (tertiary/aromatic N) is 1. The molecule has 0 aliphatic heterocycles. The Hall–Kier alpha value is -0.340. The highest BCUT2D eigenvalue weighted by Gasteiger charge is 1.99. The zero-order valence-electron chi connectivity index (χ0n) is 12.3. The summed E-state index contributed by atoms with van der Waals surface area (Å²) in [5.41, 5.74) is 1.42. The first-order valence-electron chi connectivity index (χ1n) is 7.61. The van der Waals surface area contributed by atoms with Crippen molar-refractivity contribution >= 4 is 15.9 Å². The van der Waals surface area contributed by atoms with Crippen molar-refractivity contribution in [1.82, 2.24) is 4.90 Å². The topological polar surface area (TPSA) is 3.24 Å². The van der Waals surface area contributed by atoms with E-state index in [1.54, 1.807) is 0 Å². The number of rotatable bonds is 11. The number of hydrogen-bond acceptors (Lipinski definition) is 1. The van der Waals surface area contributed by atoms with Gasteiger partial charge in [0.05, 0.1) is 0 Å². The molecule has 0 aliphatic rings. The van der Waals surface area contributed by atoms with E-state index in [1.165, 1.54) is 57.1 Å². The zero-order chi connectivity index (χ0) is 13.8. The summed E-state index contributed by atoms with van der Waals surface area (Å²) in [6, 6.07) is 10.7. The van der Waals surface area contributed by atoms with Gasteiger partial charge in [-0.2, -0.15) is 0 Å². The van der Waals surface area contributed by atoms with Gasteiger partial charge in [0.1, 0.15) is 0 Å². The second-order valence-corrected chi connectivity index (χ2v) is 6.18. The summed E-state index contributed by atoms with van der Waals surface area (Å²) >= 11 is 3.48. The molecular formula is C17H28BrN. The molecule has 0 aromatic heterocycles. The Morgan fingerprint density at radius 1 is 0.842 bits per heavy atom. The molecule has 0 aliphatic carbocycles. The van der Waals surface area contributed by atoms with Gasteiger partial charge in [0, 0.05) is 11.9 Å². The second kappa shape index (κ2) is 11.5. The minimum absolute atomic E-state index is 1.08. The van der Waals surface area contributed by atoms with Gasteiger partial charge in [0.25, 0.3) is 0 Å². The van der Waals surface area contributed by atoms with E-state index < -0.39 is 0 Å². The Balaban J connectivity index is 1.94. The van der Waals surface area contributed by atoms with Gasteiger partial charge in [0.2, 0.25) is 0 Å². The molecule has 0 unspecified atom stereocenters. The molecule has 0 saturated heterocycles. The van der Waals surface area contributed by atoms with Crippen molar-refractivity contribution in [3.05, 3.63) is 35.9 Å². The van der Waals surface area contributed by atoms with Gasteiger partial charge >= 0.3 is 0 Å². The van der Waals surface area contributed by atoms with E-state index in [9.17, 15) is 0 Å². The molecule has 108 valence electrons. The third-order valence-electron chi connectivity index (χ3n) is 3.47. The van der Waals surface area contributed by atoms with Crippen LogP contribution in [0.2, 0.25) is 0 Å². The third-order valence-corrected chi connectivity index (χ3v) is 4.03. The number of unbranched alkanes of at least 4 members (excludes halogenated alkanes) is 6. The van der Waals surface area contributed by atoms with Gasteiger partial charge in [-0.25, -0.2) is 0 Å². The van der Waals surface area contributed by atoms with Gasteiger partial charge in [-0.1, -0.05) is 78.4 Å². The molecule has 0 spiro atoms.